The van der Waals surface area contributed by atoms with Gasteiger partial charge >= 0.3 is 0 Å². The van der Waals surface area contributed by atoms with Gasteiger partial charge in [0, 0.05) is 36.0 Å². The van der Waals surface area contributed by atoms with Gasteiger partial charge in [-0.15, -0.1) is 12.4 Å². The first-order valence-electron chi connectivity index (χ1n) is 9.42. The molecule has 7 nitrogen and oxygen atoms in total. The molecule has 1 aromatic carbocycles. The highest BCUT2D eigenvalue weighted by Crippen LogP contribution is 2.28. The molecule has 0 unspecified atom stereocenters. The van der Waals surface area contributed by atoms with Crippen LogP contribution in [0.2, 0.25) is 0 Å². The second-order valence-electron chi connectivity index (χ2n) is 6.75. The molecule has 0 amide bonds. The van der Waals surface area contributed by atoms with Crippen LogP contribution in [0, 0.1) is 6.92 Å². The molecule has 1 N–H and O–H groups in total. The molecule has 1 aliphatic rings. The fourth-order valence-electron chi connectivity index (χ4n) is 3.37. The molecule has 0 bridgehead atoms. The number of nitrogens with zero attached hydrogens (tertiary/aromatic N) is 3. The Hall–Kier alpha value is -2.77. The van der Waals surface area contributed by atoms with E-state index in [2.05, 4.69) is 20.4 Å². The van der Waals surface area contributed by atoms with Crippen LogP contribution >= 0.6 is 12.4 Å². The molecule has 29 heavy (non-hydrogen) atoms. The van der Waals surface area contributed by atoms with Gasteiger partial charge in [-0.25, -0.2) is 0 Å². The molecule has 2 aromatic heterocycles. The van der Waals surface area contributed by atoms with E-state index in [1.54, 1.807) is 24.3 Å². The van der Waals surface area contributed by atoms with Crippen LogP contribution in [0.1, 0.15) is 46.4 Å². The smallest absolute Gasteiger partial charge is 0.264 e. The van der Waals surface area contributed by atoms with Crippen molar-refractivity contribution >= 4 is 18.2 Å². The number of hydrogen-bond acceptors (Lipinski definition) is 7. The number of aryl methyl sites for hydroxylation is 1. The highest BCUT2D eigenvalue weighted by molar-refractivity contribution is 5.95. The number of Topliss-reactive ketones (excluding diaryl/α,β-unsaturated/α-hetero) is 1. The second-order valence-corrected chi connectivity index (χ2v) is 6.75. The quantitative estimate of drug-likeness (QED) is 0.615. The predicted octanol–water partition coefficient (Wildman–Crippen LogP) is 3.68. The molecule has 152 valence electrons. The summed E-state index contributed by atoms with van der Waals surface area (Å²) in [5.74, 6) is 1.70. The molecule has 0 spiro atoms. The summed E-state index contributed by atoms with van der Waals surface area (Å²) in [4.78, 5) is 20.7. The molecule has 3 heterocycles. The summed E-state index contributed by atoms with van der Waals surface area (Å²) in [6.45, 7) is 5.70. The van der Waals surface area contributed by atoms with Crippen molar-refractivity contribution in [2.24, 2.45) is 0 Å². The number of ether oxygens (including phenoxy) is 1. The van der Waals surface area contributed by atoms with Gasteiger partial charge in [-0.2, -0.15) is 4.98 Å². The van der Waals surface area contributed by atoms with E-state index in [-0.39, 0.29) is 24.8 Å². The van der Waals surface area contributed by atoms with Crippen molar-refractivity contribution in [3.05, 3.63) is 58.7 Å². The Kier molecular flexibility index (Phi) is 6.61. The van der Waals surface area contributed by atoms with E-state index in [1.165, 1.54) is 11.1 Å². The van der Waals surface area contributed by atoms with Crippen molar-refractivity contribution in [2.75, 3.05) is 6.54 Å². The van der Waals surface area contributed by atoms with Crippen LogP contribution in [-0.2, 0) is 19.6 Å². The zero-order valence-electron chi connectivity index (χ0n) is 16.4. The van der Waals surface area contributed by atoms with Crippen LogP contribution in [0.25, 0.3) is 11.4 Å². The number of carbonyl (C=O) groups is 1. The van der Waals surface area contributed by atoms with Crippen molar-refractivity contribution in [1.82, 2.24) is 20.4 Å². The lowest BCUT2D eigenvalue weighted by Crippen LogP contribution is -2.24. The summed E-state index contributed by atoms with van der Waals surface area (Å²) >= 11 is 0. The maximum Gasteiger partial charge on any atom is 0.264 e. The molecule has 0 fully saturated rings. The van der Waals surface area contributed by atoms with Crippen molar-refractivity contribution in [2.45, 2.75) is 39.8 Å². The Morgan fingerprint density at radius 1 is 1.28 bits per heavy atom. The van der Waals surface area contributed by atoms with Gasteiger partial charge in [0.1, 0.15) is 5.75 Å². The molecule has 0 radical (unpaired) electrons. The maximum atomic E-state index is 11.7. The number of fused-ring (bicyclic) bond motifs is 1. The van der Waals surface area contributed by atoms with Gasteiger partial charge in [0.2, 0.25) is 5.82 Å². The van der Waals surface area contributed by atoms with Crippen molar-refractivity contribution in [3.63, 3.8) is 0 Å². The molecule has 0 saturated carbocycles. The fraction of sp³-hybridized carbons (Fsp3) is 0.333. The van der Waals surface area contributed by atoms with Crippen molar-refractivity contribution in [3.8, 4) is 17.1 Å². The van der Waals surface area contributed by atoms with Crippen LogP contribution in [0.5, 0.6) is 5.75 Å². The third kappa shape index (κ3) is 4.46. The minimum atomic E-state index is 0. The topological polar surface area (TPSA) is 90.1 Å². The summed E-state index contributed by atoms with van der Waals surface area (Å²) in [7, 11) is 0. The summed E-state index contributed by atoms with van der Waals surface area (Å²) < 4.78 is 11.1. The monoisotopic (exact) mass is 414 g/mol. The summed E-state index contributed by atoms with van der Waals surface area (Å²) in [5.41, 5.74) is 4.94. The average Bonchev–Trinajstić information content (AvgIpc) is 3.20. The maximum absolute atomic E-state index is 11.7. The van der Waals surface area contributed by atoms with Crippen LogP contribution in [0.4, 0.5) is 0 Å². The molecule has 8 heteroatoms. The van der Waals surface area contributed by atoms with Crippen molar-refractivity contribution < 1.29 is 14.1 Å². The number of rotatable bonds is 6. The molecule has 0 atom stereocenters. The zero-order valence-corrected chi connectivity index (χ0v) is 17.2. The minimum absolute atomic E-state index is 0. The highest BCUT2D eigenvalue weighted by Gasteiger charge is 2.21. The first kappa shape index (κ1) is 21.0. The Balaban J connectivity index is 0.00000240. The minimum Gasteiger partial charge on any atom is -0.484 e. The third-order valence-corrected chi connectivity index (χ3v) is 4.88. The summed E-state index contributed by atoms with van der Waals surface area (Å²) in [6.07, 6.45) is 3.31. The Morgan fingerprint density at radius 2 is 2.07 bits per heavy atom. The van der Waals surface area contributed by atoms with Gasteiger partial charge in [-0.1, -0.05) is 12.1 Å². The highest BCUT2D eigenvalue weighted by atomic mass is 35.5. The first-order chi connectivity index (χ1) is 13.7. The van der Waals surface area contributed by atoms with Gasteiger partial charge < -0.3 is 14.6 Å². The SMILES string of the molecule is CCC(=O)c1ccc(OCc2nc(-c3c(C)ncc4c3CCNC4)no2)cc1.Cl. The van der Waals surface area contributed by atoms with Gasteiger partial charge in [0.05, 0.1) is 0 Å². The fourth-order valence-corrected chi connectivity index (χ4v) is 3.37. The summed E-state index contributed by atoms with van der Waals surface area (Å²) in [5, 5.41) is 7.50. The number of hydrogen-bond donors (Lipinski definition) is 1. The number of nitrogens with one attached hydrogen (secondary N) is 1. The predicted molar refractivity (Wildman–Crippen MR) is 110 cm³/mol. The van der Waals surface area contributed by atoms with Gasteiger partial charge in [-0.3, -0.25) is 9.78 Å². The van der Waals surface area contributed by atoms with Gasteiger partial charge in [-0.05, 0) is 55.3 Å². The molecule has 4 rings (SSSR count). The average molecular weight is 415 g/mol. The lowest BCUT2D eigenvalue weighted by atomic mass is 9.95. The molecule has 1 aliphatic heterocycles. The van der Waals surface area contributed by atoms with Gasteiger partial charge in [0.25, 0.3) is 5.89 Å². The van der Waals surface area contributed by atoms with E-state index < -0.39 is 0 Å². The standard InChI is InChI=1S/C21H22N4O3.ClH/c1-3-18(26)14-4-6-16(7-5-14)27-12-19-24-21(25-28-19)20-13(2)23-11-15-10-22-9-8-17(15)20;/h4-7,11,22H,3,8-10,12H2,1-2H3;1H. The van der Waals surface area contributed by atoms with E-state index in [0.29, 0.717) is 29.4 Å². The second kappa shape index (κ2) is 9.15. The number of aromatic nitrogens is 3. The number of ketones is 1. The molecule has 3 aromatic rings. The van der Waals surface area contributed by atoms with Crippen LogP contribution < -0.4 is 10.1 Å². The first-order valence-corrected chi connectivity index (χ1v) is 9.42. The third-order valence-electron chi connectivity index (χ3n) is 4.88. The Bertz CT molecular complexity index is 1000. The number of benzene rings is 1. The number of pyridine rings is 1. The van der Waals surface area contributed by atoms with Crippen molar-refractivity contribution in [1.29, 1.82) is 0 Å². The lowest BCUT2D eigenvalue weighted by molar-refractivity contribution is 0.0988. The van der Waals surface area contributed by atoms with Crippen LogP contribution in [-0.4, -0.2) is 27.5 Å². The van der Waals surface area contributed by atoms with E-state index in [9.17, 15) is 4.79 Å². The zero-order chi connectivity index (χ0) is 19.5. The van der Waals surface area contributed by atoms with E-state index in [0.717, 1.165) is 30.8 Å². The Labute approximate surface area is 175 Å². The van der Waals surface area contributed by atoms with E-state index in [1.807, 2.05) is 20.0 Å². The van der Waals surface area contributed by atoms with Crippen LogP contribution in [0.3, 0.4) is 0 Å². The largest absolute Gasteiger partial charge is 0.484 e. The summed E-state index contributed by atoms with van der Waals surface area (Å²) in [6, 6.07) is 7.07. The van der Waals surface area contributed by atoms with E-state index >= 15 is 0 Å². The van der Waals surface area contributed by atoms with Crippen LogP contribution in [0.15, 0.2) is 35.0 Å². The Morgan fingerprint density at radius 3 is 2.83 bits per heavy atom. The molecular weight excluding hydrogens is 392 g/mol. The normalized spacial score (nSPS) is 12.8. The molecular formula is C21H23ClN4O3. The number of halogens is 1. The van der Waals surface area contributed by atoms with E-state index in [4.69, 9.17) is 9.26 Å². The molecule has 0 aliphatic carbocycles. The lowest BCUT2D eigenvalue weighted by Gasteiger charge is -2.19. The number of carbonyl (C=O) groups excluding carboxylic acids is 1. The van der Waals surface area contributed by atoms with Gasteiger partial charge in [0.15, 0.2) is 12.4 Å². The molecule has 0 saturated heterocycles.